The van der Waals surface area contributed by atoms with Crippen molar-refractivity contribution in [1.29, 1.82) is 0 Å². The topological polar surface area (TPSA) is 78.4 Å². The van der Waals surface area contributed by atoms with Crippen LogP contribution >= 0.6 is 11.8 Å². The Labute approximate surface area is 128 Å². The van der Waals surface area contributed by atoms with E-state index in [1.165, 1.54) is 0 Å². The summed E-state index contributed by atoms with van der Waals surface area (Å²) in [6, 6.07) is 7.60. The van der Waals surface area contributed by atoms with Crippen LogP contribution in [0.1, 0.15) is 18.4 Å². The molecule has 1 unspecified atom stereocenters. The fraction of sp³-hybridized carbons (Fsp3) is 0.467. The highest BCUT2D eigenvalue weighted by Crippen LogP contribution is 2.14. The van der Waals surface area contributed by atoms with Gasteiger partial charge in [0.05, 0.1) is 0 Å². The minimum Gasteiger partial charge on any atom is -0.481 e. The van der Waals surface area contributed by atoms with Gasteiger partial charge in [0.2, 0.25) is 5.91 Å². The first-order valence-corrected chi connectivity index (χ1v) is 8.20. The van der Waals surface area contributed by atoms with E-state index in [2.05, 4.69) is 10.6 Å². The van der Waals surface area contributed by atoms with Crippen molar-refractivity contribution in [2.45, 2.75) is 25.3 Å². The van der Waals surface area contributed by atoms with E-state index in [0.717, 1.165) is 29.3 Å². The Morgan fingerprint density at radius 2 is 2.29 bits per heavy atom. The number of anilines is 1. The van der Waals surface area contributed by atoms with E-state index >= 15 is 0 Å². The summed E-state index contributed by atoms with van der Waals surface area (Å²) in [7, 11) is 0. The molecule has 1 aromatic carbocycles. The molecular weight excluding hydrogens is 288 g/mol. The minimum absolute atomic E-state index is 0.00890. The first kappa shape index (κ1) is 15.9. The van der Waals surface area contributed by atoms with Crippen molar-refractivity contribution in [2.24, 2.45) is 0 Å². The number of thioether (sulfide) groups is 1. The van der Waals surface area contributed by atoms with E-state index in [9.17, 15) is 9.59 Å². The lowest BCUT2D eigenvalue weighted by Crippen LogP contribution is -2.39. The Morgan fingerprint density at radius 1 is 1.43 bits per heavy atom. The van der Waals surface area contributed by atoms with E-state index in [0.29, 0.717) is 12.8 Å². The highest BCUT2D eigenvalue weighted by atomic mass is 32.2. The lowest BCUT2D eigenvalue weighted by Gasteiger charge is -2.22. The van der Waals surface area contributed by atoms with Crippen LogP contribution in [-0.2, 0) is 16.0 Å². The number of carbonyl (C=O) groups excluding carboxylic acids is 1. The number of carboxylic acid groups (broad SMARTS) is 1. The maximum absolute atomic E-state index is 12.0. The summed E-state index contributed by atoms with van der Waals surface area (Å²) in [5, 5.41) is 14.9. The summed E-state index contributed by atoms with van der Waals surface area (Å²) in [5.74, 6) is 1.24. The summed E-state index contributed by atoms with van der Waals surface area (Å²) in [6.07, 6.45) is 1.03. The van der Waals surface area contributed by atoms with Gasteiger partial charge in [-0.15, -0.1) is 0 Å². The lowest BCUT2D eigenvalue weighted by atomic mass is 10.1. The third kappa shape index (κ3) is 5.77. The van der Waals surface area contributed by atoms with Crippen molar-refractivity contribution in [3.05, 3.63) is 29.8 Å². The third-order valence-electron chi connectivity index (χ3n) is 3.27. The molecule has 0 spiro atoms. The Balaban J connectivity index is 1.85. The molecule has 1 heterocycles. The van der Waals surface area contributed by atoms with Crippen LogP contribution in [0.3, 0.4) is 0 Å². The molecule has 1 saturated heterocycles. The van der Waals surface area contributed by atoms with Gasteiger partial charge in [-0.1, -0.05) is 12.1 Å². The largest absolute Gasteiger partial charge is 0.481 e. The molecule has 3 N–H and O–H groups in total. The van der Waals surface area contributed by atoms with Crippen LogP contribution in [0.5, 0.6) is 0 Å². The molecule has 0 saturated carbocycles. The van der Waals surface area contributed by atoms with Crippen molar-refractivity contribution in [2.75, 3.05) is 23.4 Å². The number of hydrogen-bond donors (Lipinski definition) is 3. The second-order valence-corrected chi connectivity index (χ2v) is 6.22. The number of carboxylic acids is 1. The van der Waals surface area contributed by atoms with Gasteiger partial charge in [0.1, 0.15) is 0 Å². The van der Waals surface area contributed by atoms with Gasteiger partial charge in [-0.05, 0) is 24.1 Å². The van der Waals surface area contributed by atoms with Crippen molar-refractivity contribution < 1.29 is 14.7 Å². The summed E-state index contributed by atoms with van der Waals surface area (Å²) in [4.78, 5) is 22.6. The zero-order valence-corrected chi connectivity index (χ0v) is 12.6. The second-order valence-electron chi connectivity index (χ2n) is 5.07. The lowest BCUT2D eigenvalue weighted by molar-refractivity contribution is -0.137. The maximum atomic E-state index is 12.0. The quantitative estimate of drug-likeness (QED) is 0.746. The molecule has 1 aliphatic heterocycles. The van der Waals surface area contributed by atoms with Crippen molar-refractivity contribution in [3.63, 3.8) is 0 Å². The smallest absolute Gasteiger partial charge is 0.303 e. The Kier molecular flexibility index (Phi) is 6.07. The molecule has 2 rings (SSSR count). The van der Waals surface area contributed by atoms with Gasteiger partial charge in [-0.3, -0.25) is 9.59 Å². The molecule has 21 heavy (non-hydrogen) atoms. The average molecular weight is 308 g/mol. The number of rotatable bonds is 6. The van der Waals surface area contributed by atoms with Crippen molar-refractivity contribution in [1.82, 2.24) is 5.32 Å². The highest BCUT2D eigenvalue weighted by Gasteiger charge is 2.16. The predicted octanol–water partition coefficient (Wildman–Crippen LogP) is 1.74. The van der Waals surface area contributed by atoms with Crippen molar-refractivity contribution in [3.8, 4) is 0 Å². The molecular formula is C15H20N2O3S. The number of aryl methyl sites for hydroxylation is 1. The van der Waals surface area contributed by atoms with Crippen LogP contribution in [-0.4, -0.2) is 41.1 Å². The normalized spacial score (nSPS) is 18.2. The molecule has 1 atom stereocenters. The fourth-order valence-electron chi connectivity index (χ4n) is 2.24. The van der Waals surface area contributed by atoms with Crippen LogP contribution in [0, 0.1) is 0 Å². The molecule has 0 bridgehead atoms. The summed E-state index contributed by atoms with van der Waals surface area (Å²) in [6.45, 7) is 0.952. The molecule has 1 aliphatic rings. The molecule has 0 aliphatic carbocycles. The number of hydrogen-bond acceptors (Lipinski definition) is 4. The number of amides is 1. The first-order chi connectivity index (χ1) is 10.1. The highest BCUT2D eigenvalue weighted by molar-refractivity contribution is 7.99. The van der Waals surface area contributed by atoms with E-state index in [4.69, 9.17) is 5.11 Å². The molecule has 1 fully saturated rings. The Hall–Kier alpha value is -1.53. The van der Waals surface area contributed by atoms with Crippen LogP contribution in [0.15, 0.2) is 24.3 Å². The van der Waals surface area contributed by atoms with Gasteiger partial charge in [0, 0.05) is 42.6 Å². The van der Waals surface area contributed by atoms with Crippen molar-refractivity contribution >= 4 is 29.3 Å². The van der Waals surface area contributed by atoms with Gasteiger partial charge in [-0.25, -0.2) is 0 Å². The maximum Gasteiger partial charge on any atom is 0.303 e. The fourth-order valence-corrected chi connectivity index (χ4v) is 3.19. The average Bonchev–Trinajstić information content (AvgIpc) is 2.46. The van der Waals surface area contributed by atoms with Crippen LogP contribution in [0.25, 0.3) is 0 Å². The summed E-state index contributed by atoms with van der Waals surface area (Å²) >= 11 is 1.86. The molecule has 5 nitrogen and oxygen atoms in total. The monoisotopic (exact) mass is 308 g/mol. The SMILES string of the molecule is O=C(O)CCc1cccc(NC(=O)CC2CSCCN2)c1. The van der Waals surface area contributed by atoms with E-state index in [1.807, 2.05) is 36.0 Å². The Bertz CT molecular complexity index is 501. The molecule has 6 heteroatoms. The minimum atomic E-state index is -0.815. The number of nitrogens with one attached hydrogen (secondary N) is 2. The number of carbonyl (C=O) groups is 2. The van der Waals surface area contributed by atoms with Gasteiger partial charge >= 0.3 is 5.97 Å². The summed E-state index contributed by atoms with van der Waals surface area (Å²) in [5.41, 5.74) is 1.65. The molecule has 0 aromatic heterocycles. The van der Waals surface area contributed by atoms with Gasteiger partial charge < -0.3 is 15.7 Å². The van der Waals surface area contributed by atoms with Gasteiger partial charge in [-0.2, -0.15) is 11.8 Å². The standard InChI is InChI=1S/C15H20N2O3S/c18-14(9-13-10-21-7-6-16-13)17-12-3-1-2-11(8-12)4-5-15(19)20/h1-3,8,13,16H,4-7,9-10H2,(H,17,18)(H,19,20). The van der Waals surface area contributed by atoms with E-state index < -0.39 is 5.97 Å². The zero-order valence-electron chi connectivity index (χ0n) is 11.8. The van der Waals surface area contributed by atoms with Crippen LogP contribution in [0.4, 0.5) is 5.69 Å². The van der Waals surface area contributed by atoms with Crippen LogP contribution in [0.2, 0.25) is 0 Å². The third-order valence-corrected chi connectivity index (χ3v) is 4.40. The second kappa shape index (κ2) is 8.05. The van der Waals surface area contributed by atoms with E-state index in [1.54, 1.807) is 0 Å². The molecule has 0 radical (unpaired) electrons. The Morgan fingerprint density at radius 3 is 3.00 bits per heavy atom. The van der Waals surface area contributed by atoms with Gasteiger partial charge in [0.25, 0.3) is 0 Å². The predicted molar refractivity (Wildman–Crippen MR) is 84.8 cm³/mol. The van der Waals surface area contributed by atoms with E-state index in [-0.39, 0.29) is 18.4 Å². The number of aliphatic carboxylic acids is 1. The van der Waals surface area contributed by atoms with Gasteiger partial charge in [0.15, 0.2) is 0 Å². The van der Waals surface area contributed by atoms with Crippen LogP contribution < -0.4 is 10.6 Å². The molecule has 1 aromatic rings. The molecule has 114 valence electrons. The zero-order chi connectivity index (χ0) is 15.1. The molecule has 1 amide bonds. The summed E-state index contributed by atoms with van der Waals surface area (Å²) < 4.78 is 0. The first-order valence-electron chi connectivity index (χ1n) is 7.05. The number of benzene rings is 1.